The lowest BCUT2D eigenvalue weighted by Gasteiger charge is -2.47. The minimum absolute atomic E-state index is 0.238. The van der Waals surface area contributed by atoms with Gasteiger partial charge in [0, 0.05) is 29.8 Å². The number of para-hydroxylation sites is 1. The summed E-state index contributed by atoms with van der Waals surface area (Å²) in [4.78, 5) is 7.34. The largest absolute Gasteiger partial charge is 0.461 e. The third kappa shape index (κ3) is 1.92. The van der Waals surface area contributed by atoms with E-state index in [1.165, 1.54) is 17.7 Å². The number of rotatable bonds is 1. The molecule has 5 rings (SSSR count). The van der Waals surface area contributed by atoms with Crippen LogP contribution < -0.4 is 4.74 Å². The molecular formula is C18H15FN2OS. The number of ether oxygens (including phenoxy) is 1. The molecule has 116 valence electrons. The first-order valence-corrected chi connectivity index (χ1v) is 8.77. The molecule has 0 amide bonds. The standard InChI is InChI=1S/C18H15FN2OS/c19-13-7-5-12(6-8-13)18-11-15(21-9-10-23-17(21)20-18)14-3-1-2-4-16(14)22-18/h1-8,15H,9-11H2/t15-,18+/m1/s1. The summed E-state index contributed by atoms with van der Waals surface area (Å²) in [5.74, 6) is 1.70. The van der Waals surface area contributed by atoms with Gasteiger partial charge in [0.15, 0.2) is 5.17 Å². The lowest BCUT2D eigenvalue weighted by atomic mass is 9.86. The Hall–Kier alpha value is -2.01. The maximum atomic E-state index is 13.3. The topological polar surface area (TPSA) is 24.8 Å². The maximum Gasteiger partial charge on any atom is 0.231 e. The van der Waals surface area contributed by atoms with Crippen LogP contribution in [0.3, 0.4) is 0 Å². The Morgan fingerprint density at radius 3 is 2.87 bits per heavy atom. The van der Waals surface area contributed by atoms with Crippen molar-refractivity contribution in [3.8, 4) is 5.75 Å². The second kappa shape index (κ2) is 4.74. The first kappa shape index (κ1) is 13.4. The molecule has 23 heavy (non-hydrogen) atoms. The predicted molar refractivity (Wildman–Crippen MR) is 89.1 cm³/mol. The van der Waals surface area contributed by atoms with Crippen LogP contribution in [0, 0.1) is 5.82 Å². The van der Waals surface area contributed by atoms with Gasteiger partial charge in [0.1, 0.15) is 11.6 Å². The summed E-state index contributed by atoms with van der Waals surface area (Å²) >= 11 is 1.78. The highest BCUT2D eigenvalue weighted by molar-refractivity contribution is 8.14. The van der Waals surface area contributed by atoms with Crippen molar-refractivity contribution in [1.82, 2.24) is 4.90 Å². The van der Waals surface area contributed by atoms with Crippen LogP contribution in [0.4, 0.5) is 4.39 Å². The van der Waals surface area contributed by atoms with Crippen molar-refractivity contribution in [2.24, 2.45) is 4.99 Å². The Labute approximate surface area is 138 Å². The van der Waals surface area contributed by atoms with E-state index in [-0.39, 0.29) is 11.9 Å². The lowest BCUT2D eigenvalue weighted by molar-refractivity contribution is 0.00723. The highest BCUT2D eigenvalue weighted by Crippen LogP contribution is 2.52. The quantitative estimate of drug-likeness (QED) is 0.794. The van der Waals surface area contributed by atoms with Crippen LogP contribution >= 0.6 is 11.8 Å². The van der Waals surface area contributed by atoms with Gasteiger partial charge in [-0.15, -0.1) is 0 Å². The SMILES string of the molecule is Fc1ccc([C@]23C[C@H](c4ccccc4O2)N2CCSC2=N3)cc1. The molecule has 3 aliphatic rings. The molecule has 3 nitrogen and oxygen atoms in total. The average molecular weight is 326 g/mol. The summed E-state index contributed by atoms with van der Waals surface area (Å²) in [5, 5.41) is 1.04. The summed E-state index contributed by atoms with van der Waals surface area (Å²) < 4.78 is 19.7. The van der Waals surface area contributed by atoms with Gasteiger partial charge in [0.05, 0.1) is 6.04 Å². The zero-order valence-electron chi connectivity index (χ0n) is 12.4. The molecule has 0 unspecified atom stereocenters. The van der Waals surface area contributed by atoms with Crippen LogP contribution in [0.25, 0.3) is 0 Å². The fourth-order valence-corrected chi connectivity index (χ4v) is 4.76. The molecule has 2 aromatic rings. The van der Waals surface area contributed by atoms with E-state index < -0.39 is 5.72 Å². The smallest absolute Gasteiger partial charge is 0.231 e. The highest BCUT2D eigenvalue weighted by Gasteiger charge is 2.50. The fourth-order valence-electron chi connectivity index (χ4n) is 3.70. The minimum atomic E-state index is -0.740. The Morgan fingerprint density at radius 2 is 2.00 bits per heavy atom. The molecular weight excluding hydrogens is 311 g/mol. The van der Waals surface area contributed by atoms with Crippen molar-refractivity contribution in [2.45, 2.75) is 18.2 Å². The van der Waals surface area contributed by atoms with Gasteiger partial charge in [-0.25, -0.2) is 9.38 Å². The van der Waals surface area contributed by atoms with E-state index in [1.54, 1.807) is 23.9 Å². The van der Waals surface area contributed by atoms with Gasteiger partial charge in [-0.2, -0.15) is 0 Å². The summed E-state index contributed by atoms with van der Waals surface area (Å²) in [6, 6.07) is 15.0. The summed E-state index contributed by atoms with van der Waals surface area (Å²) in [6.07, 6.45) is 0.764. The molecule has 3 aliphatic heterocycles. The minimum Gasteiger partial charge on any atom is -0.461 e. The predicted octanol–water partition coefficient (Wildman–Crippen LogP) is 3.92. The van der Waals surface area contributed by atoms with Crippen molar-refractivity contribution in [3.63, 3.8) is 0 Å². The van der Waals surface area contributed by atoms with Gasteiger partial charge in [0.25, 0.3) is 0 Å². The number of amidine groups is 1. The van der Waals surface area contributed by atoms with E-state index in [0.717, 1.165) is 35.2 Å². The Bertz CT molecular complexity index is 807. The molecule has 0 aliphatic carbocycles. The molecule has 1 fully saturated rings. The molecule has 0 radical (unpaired) electrons. The molecule has 2 atom stereocenters. The van der Waals surface area contributed by atoms with Crippen molar-refractivity contribution in [3.05, 3.63) is 65.5 Å². The van der Waals surface area contributed by atoms with Crippen LogP contribution in [0.2, 0.25) is 0 Å². The van der Waals surface area contributed by atoms with Gasteiger partial charge in [-0.05, 0) is 18.2 Å². The number of aliphatic imine (C=N–C) groups is 1. The van der Waals surface area contributed by atoms with Gasteiger partial charge in [-0.3, -0.25) is 0 Å². The number of nitrogens with zero attached hydrogens (tertiary/aromatic N) is 2. The van der Waals surface area contributed by atoms with Crippen molar-refractivity contribution < 1.29 is 9.13 Å². The molecule has 3 heterocycles. The number of hydrogen-bond acceptors (Lipinski definition) is 4. The molecule has 0 N–H and O–H groups in total. The summed E-state index contributed by atoms with van der Waals surface area (Å²) in [6.45, 7) is 1.02. The Balaban J connectivity index is 1.71. The van der Waals surface area contributed by atoms with Crippen LogP contribution in [0.15, 0.2) is 53.5 Å². The fraction of sp³-hybridized carbons (Fsp3) is 0.278. The van der Waals surface area contributed by atoms with Crippen molar-refractivity contribution in [1.29, 1.82) is 0 Å². The zero-order valence-corrected chi connectivity index (χ0v) is 13.2. The Morgan fingerprint density at radius 1 is 1.17 bits per heavy atom. The molecule has 1 saturated heterocycles. The number of fused-ring (bicyclic) bond motifs is 6. The maximum absolute atomic E-state index is 13.3. The average Bonchev–Trinajstić information content (AvgIpc) is 3.03. The van der Waals surface area contributed by atoms with E-state index in [2.05, 4.69) is 17.0 Å². The molecule has 0 saturated carbocycles. The van der Waals surface area contributed by atoms with E-state index >= 15 is 0 Å². The van der Waals surface area contributed by atoms with Gasteiger partial charge >= 0.3 is 0 Å². The lowest BCUT2D eigenvalue weighted by Crippen LogP contribution is -2.48. The second-order valence-corrected chi connectivity index (χ2v) is 7.15. The van der Waals surface area contributed by atoms with Gasteiger partial charge in [0.2, 0.25) is 5.72 Å². The number of halogens is 1. The molecule has 2 aromatic carbocycles. The van der Waals surface area contributed by atoms with Crippen molar-refractivity contribution in [2.75, 3.05) is 12.3 Å². The van der Waals surface area contributed by atoms with E-state index in [0.29, 0.717) is 0 Å². The van der Waals surface area contributed by atoms with Crippen LogP contribution in [0.5, 0.6) is 5.75 Å². The van der Waals surface area contributed by atoms with E-state index in [4.69, 9.17) is 9.73 Å². The second-order valence-electron chi connectivity index (χ2n) is 6.09. The van der Waals surface area contributed by atoms with Gasteiger partial charge < -0.3 is 9.64 Å². The van der Waals surface area contributed by atoms with Gasteiger partial charge in [-0.1, -0.05) is 42.1 Å². The molecule has 0 spiro atoms. The summed E-state index contributed by atoms with van der Waals surface area (Å²) in [7, 11) is 0. The normalized spacial score (nSPS) is 27.8. The third-order valence-electron chi connectivity index (χ3n) is 4.78. The molecule has 5 heteroatoms. The molecule has 0 aromatic heterocycles. The highest BCUT2D eigenvalue weighted by atomic mass is 32.2. The first-order valence-electron chi connectivity index (χ1n) is 7.78. The van der Waals surface area contributed by atoms with Crippen LogP contribution in [0.1, 0.15) is 23.6 Å². The number of thioether (sulfide) groups is 1. The zero-order chi connectivity index (χ0) is 15.4. The van der Waals surface area contributed by atoms with Crippen LogP contribution in [-0.2, 0) is 5.72 Å². The Kier molecular flexibility index (Phi) is 2.77. The van der Waals surface area contributed by atoms with Crippen LogP contribution in [-0.4, -0.2) is 22.4 Å². The molecule has 2 bridgehead atoms. The first-order chi connectivity index (χ1) is 11.3. The monoisotopic (exact) mass is 326 g/mol. The number of benzene rings is 2. The van der Waals surface area contributed by atoms with E-state index in [9.17, 15) is 4.39 Å². The third-order valence-corrected chi connectivity index (χ3v) is 5.75. The number of hydrogen-bond donors (Lipinski definition) is 0. The summed E-state index contributed by atoms with van der Waals surface area (Å²) in [5.41, 5.74) is 1.40. The van der Waals surface area contributed by atoms with E-state index in [1.807, 2.05) is 12.1 Å². The van der Waals surface area contributed by atoms with Crippen molar-refractivity contribution >= 4 is 16.9 Å².